The second kappa shape index (κ2) is 6.29. The highest BCUT2D eigenvalue weighted by Gasteiger charge is 2.17. The van der Waals surface area contributed by atoms with Gasteiger partial charge >= 0.3 is 0 Å². The Morgan fingerprint density at radius 3 is 2.68 bits per heavy atom. The molecule has 0 aliphatic heterocycles. The first-order valence-corrected chi connectivity index (χ1v) is 8.95. The van der Waals surface area contributed by atoms with Crippen molar-refractivity contribution in [3.05, 3.63) is 65.2 Å². The molecule has 3 heterocycles. The number of ether oxygens (including phenoxy) is 1. The first-order chi connectivity index (χ1) is 12.2. The van der Waals surface area contributed by atoms with Gasteiger partial charge in [-0.2, -0.15) is 4.57 Å². The highest BCUT2D eigenvalue weighted by atomic mass is 32.1. The van der Waals surface area contributed by atoms with Gasteiger partial charge in [0.1, 0.15) is 11.3 Å². The largest absolute Gasteiger partial charge is 0.497 e. The molecule has 0 N–H and O–H groups in total. The second-order valence-corrected chi connectivity index (χ2v) is 6.85. The molecular weight excluding hydrogens is 332 g/mol. The van der Waals surface area contributed by atoms with Crippen molar-refractivity contribution in [1.82, 2.24) is 14.4 Å². The van der Waals surface area contributed by atoms with Crippen molar-refractivity contribution >= 4 is 16.9 Å². The molecule has 0 aliphatic rings. The van der Waals surface area contributed by atoms with Gasteiger partial charge in [-0.3, -0.25) is 4.40 Å². The number of fused-ring (bicyclic) bond motifs is 1. The van der Waals surface area contributed by atoms with Crippen LogP contribution < -0.4 is 9.30 Å². The van der Waals surface area contributed by atoms with E-state index in [1.165, 1.54) is 11.3 Å². The molecule has 0 atom stereocenters. The summed E-state index contributed by atoms with van der Waals surface area (Å²) < 4.78 is 9.57. The van der Waals surface area contributed by atoms with Crippen molar-refractivity contribution in [3.8, 4) is 16.6 Å². The minimum absolute atomic E-state index is 0.809. The van der Waals surface area contributed by atoms with Gasteiger partial charge in [-0.05, 0) is 31.2 Å². The van der Waals surface area contributed by atoms with Crippen LogP contribution in [0.2, 0.25) is 0 Å². The first-order valence-electron chi connectivity index (χ1n) is 8.07. The molecule has 6 heteroatoms. The third kappa shape index (κ3) is 2.89. The maximum absolute atomic E-state index is 5.22. The standard InChI is InChI=1S/C19H19N4OS/c1-13-12-25-19(21-13)18-20-10-17-14(2)22(8-9-23(17)18)11-15-4-6-16(24-3)7-5-15/h4-10,12H,11H2,1-3H3/q+1. The zero-order valence-electron chi connectivity index (χ0n) is 14.4. The summed E-state index contributed by atoms with van der Waals surface area (Å²) in [5.74, 6) is 1.77. The summed E-state index contributed by atoms with van der Waals surface area (Å²) in [4.78, 5) is 9.15. The minimum atomic E-state index is 0.809. The smallest absolute Gasteiger partial charge is 0.204 e. The number of aryl methyl sites for hydroxylation is 2. The van der Waals surface area contributed by atoms with Gasteiger partial charge in [0.05, 0.1) is 19.5 Å². The summed E-state index contributed by atoms with van der Waals surface area (Å²) >= 11 is 1.63. The molecule has 0 spiro atoms. The van der Waals surface area contributed by atoms with E-state index in [2.05, 4.69) is 55.8 Å². The van der Waals surface area contributed by atoms with Crippen LogP contribution in [-0.4, -0.2) is 21.5 Å². The number of hydrogen-bond acceptors (Lipinski definition) is 4. The monoisotopic (exact) mass is 351 g/mol. The number of imidazole rings is 1. The van der Waals surface area contributed by atoms with E-state index in [4.69, 9.17) is 4.74 Å². The van der Waals surface area contributed by atoms with E-state index in [9.17, 15) is 0 Å². The van der Waals surface area contributed by atoms with Crippen LogP contribution in [0.25, 0.3) is 16.3 Å². The summed E-state index contributed by atoms with van der Waals surface area (Å²) in [6.45, 7) is 4.93. The molecule has 126 valence electrons. The Bertz CT molecular complexity index is 1030. The quantitative estimate of drug-likeness (QED) is 0.529. The van der Waals surface area contributed by atoms with E-state index in [1.54, 1.807) is 18.4 Å². The van der Waals surface area contributed by atoms with Crippen LogP contribution >= 0.6 is 11.3 Å². The summed E-state index contributed by atoms with van der Waals surface area (Å²) in [6, 6.07) is 8.17. The number of methoxy groups -OCH3 is 1. The molecule has 0 fully saturated rings. The normalized spacial score (nSPS) is 11.2. The van der Waals surface area contributed by atoms with Crippen molar-refractivity contribution in [1.29, 1.82) is 0 Å². The zero-order valence-corrected chi connectivity index (χ0v) is 15.2. The molecule has 0 saturated heterocycles. The van der Waals surface area contributed by atoms with Crippen LogP contribution in [0.3, 0.4) is 0 Å². The van der Waals surface area contributed by atoms with Gasteiger partial charge in [-0.25, -0.2) is 9.97 Å². The number of nitrogens with zero attached hydrogens (tertiary/aromatic N) is 4. The first kappa shape index (κ1) is 15.8. The van der Waals surface area contributed by atoms with Gasteiger partial charge in [0, 0.05) is 23.6 Å². The van der Waals surface area contributed by atoms with Crippen molar-refractivity contribution in [2.24, 2.45) is 0 Å². The molecule has 0 saturated carbocycles. The van der Waals surface area contributed by atoms with Gasteiger partial charge in [0.2, 0.25) is 5.69 Å². The fourth-order valence-corrected chi connectivity index (χ4v) is 3.69. The fourth-order valence-electron chi connectivity index (χ4n) is 2.90. The van der Waals surface area contributed by atoms with Crippen LogP contribution in [0, 0.1) is 13.8 Å². The number of benzene rings is 1. The highest BCUT2D eigenvalue weighted by molar-refractivity contribution is 7.13. The van der Waals surface area contributed by atoms with Crippen molar-refractivity contribution in [2.75, 3.05) is 7.11 Å². The molecule has 0 radical (unpaired) electrons. The molecular formula is C19H19N4OS+. The van der Waals surface area contributed by atoms with Gasteiger partial charge in [-0.1, -0.05) is 0 Å². The molecule has 0 unspecified atom stereocenters. The molecule has 1 aromatic carbocycles. The van der Waals surface area contributed by atoms with Crippen molar-refractivity contribution in [2.45, 2.75) is 20.4 Å². The molecule has 0 bridgehead atoms. The van der Waals surface area contributed by atoms with E-state index >= 15 is 0 Å². The summed E-state index contributed by atoms with van der Waals surface area (Å²) in [5.41, 5.74) is 4.52. The van der Waals surface area contributed by atoms with Crippen LogP contribution in [-0.2, 0) is 6.54 Å². The lowest BCUT2D eigenvalue weighted by atomic mass is 10.2. The van der Waals surface area contributed by atoms with E-state index in [1.807, 2.05) is 25.3 Å². The lowest BCUT2D eigenvalue weighted by Crippen LogP contribution is -2.37. The third-order valence-electron chi connectivity index (χ3n) is 4.32. The Labute approximate surface area is 150 Å². The Hall–Kier alpha value is -2.73. The van der Waals surface area contributed by atoms with Crippen molar-refractivity contribution in [3.63, 3.8) is 0 Å². The zero-order chi connectivity index (χ0) is 17.4. The molecule has 25 heavy (non-hydrogen) atoms. The maximum atomic E-state index is 5.22. The van der Waals surface area contributed by atoms with Gasteiger partial charge in [0.15, 0.2) is 23.6 Å². The van der Waals surface area contributed by atoms with Crippen LogP contribution in [0.5, 0.6) is 5.75 Å². The Morgan fingerprint density at radius 2 is 2.00 bits per heavy atom. The van der Waals surface area contributed by atoms with E-state index in [-0.39, 0.29) is 0 Å². The van der Waals surface area contributed by atoms with Crippen molar-refractivity contribution < 1.29 is 9.30 Å². The van der Waals surface area contributed by atoms with Crippen LogP contribution in [0.15, 0.2) is 48.2 Å². The number of thiazole rings is 1. The number of aromatic nitrogens is 4. The molecule has 0 aliphatic carbocycles. The molecule has 3 aromatic heterocycles. The molecule has 4 rings (SSSR count). The minimum Gasteiger partial charge on any atom is -0.497 e. The van der Waals surface area contributed by atoms with Crippen LogP contribution in [0.1, 0.15) is 17.0 Å². The van der Waals surface area contributed by atoms with E-state index < -0.39 is 0 Å². The van der Waals surface area contributed by atoms with Gasteiger partial charge in [0.25, 0.3) is 0 Å². The summed E-state index contributed by atoms with van der Waals surface area (Å²) in [7, 11) is 1.68. The predicted molar refractivity (Wildman–Crippen MR) is 98.1 cm³/mol. The second-order valence-electron chi connectivity index (χ2n) is 5.99. The molecule has 0 amide bonds. The third-order valence-corrected chi connectivity index (χ3v) is 5.27. The number of hydrogen-bond donors (Lipinski definition) is 0. The lowest BCUT2D eigenvalue weighted by molar-refractivity contribution is -0.693. The highest BCUT2D eigenvalue weighted by Crippen LogP contribution is 2.23. The lowest BCUT2D eigenvalue weighted by Gasteiger charge is -2.05. The summed E-state index contributed by atoms with van der Waals surface area (Å²) in [5, 5.41) is 3.00. The Balaban J connectivity index is 1.70. The molecule has 4 aromatic rings. The number of rotatable bonds is 4. The Morgan fingerprint density at radius 1 is 1.20 bits per heavy atom. The molecule has 5 nitrogen and oxygen atoms in total. The predicted octanol–water partition coefficient (Wildman–Crippen LogP) is 3.42. The van der Waals surface area contributed by atoms with Gasteiger partial charge < -0.3 is 4.74 Å². The average Bonchev–Trinajstić information content (AvgIpc) is 3.24. The SMILES string of the molecule is COc1ccc(C[n+]2ccn3c(-c4nc(C)cs4)ncc3c2C)cc1. The Kier molecular flexibility index (Phi) is 3.97. The topological polar surface area (TPSA) is 43.3 Å². The van der Waals surface area contributed by atoms with Crippen LogP contribution in [0.4, 0.5) is 0 Å². The van der Waals surface area contributed by atoms with E-state index in [0.717, 1.165) is 34.3 Å². The summed E-state index contributed by atoms with van der Waals surface area (Å²) in [6.07, 6.45) is 6.08. The van der Waals surface area contributed by atoms with E-state index in [0.29, 0.717) is 0 Å². The van der Waals surface area contributed by atoms with Gasteiger partial charge in [-0.15, -0.1) is 11.3 Å². The fraction of sp³-hybridized carbons (Fsp3) is 0.211. The average molecular weight is 351 g/mol. The maximum Gasteiger partial charge on any atom is 0.204 e.